The van der Waals surface area contributed by atoms with Crippen LogP contribution in [0.2, 0.25) is 0 Å². The molecule has 2 atom stereocenters. The third-order valence-electron chi connectivity index (χ3n) is 5.07. The Hall–Kier alpha value is -0.860. The second kappa shape index (κ2) is 4.92. The Labute approximate surface area is 116 Å². The lowest BCUT2D eigenvalue weighted by Gasteiger charge is -2.25. The highest BCUT2D eigenvalue weighted by atomic mass is 15.2. The van der Waals surface area contributed by atoms with Crippen molar-refractivity contribution in [3.05, 3.63) is 35.4 Å². The van der Waals surface area contributed by atoms with Gasteiger partial charge in [0.25, 0.3) is 0 Å². The fourth-order valence-electron chi connectivity index (χ4n) is 3.87. The Morgan fingerprint density at radius 1 is 1.00 bits per heavy atom. The number of fused-ring (bicyclic) bond motifs is 2. The van der Waals surface area contributed by atoms with Crippen LogP contribution < -0.4 is 5.32 Å². The molecule has 1 aromatic rings. The molecule has 0 spiro atoms. The maximum absolute atomic E-state index is 3.78. The van der Waals surface area contributed by atoms with Gasteiger partial charge in [0.2, 0.25) is 0 Å². The van der Waals surface area contributed by atoms with Crippen LogP contribution in [0, 0.1) is 0 Å². The van der Waals surface area contributed by atoms with Crippen LogP contribution in [-0.2, 0) is 6.54 Å². The zero-order chi connectivity index (χ0) is 12.7. The van der Waals surface area contributed by atoms with E-state index in [4.69, 9.17) is 0 Å². The number of likely N-dealkylation sites (tertiary alicyclic amines) is 1. The SMILES string of the molecule is c1ccc(C2CC2)c(CN2CCC3CCC(C2)N3)c1. The van der Waals surface area contributed by atoms with Crippen LogP contribution in [0.1, 0.15) is 49.1 Å². The first-order chi connectivity index (χ1) is 9.38. The van der Waals surface area contributed by atoms with Crippen LogP contribution in [0.4, 0.5) is 0 Å². The van der Waals surface area contributed by atoms with Crippen molar-refractivity contribution in [2.24, 2.45) is 0 Å². The summed E-state index contributed by atoms with van der Waals surface area (Å²) in [4.78, 5) is 2.68. The molecule has 19 heavy (non-hydrogen) atoms. The summed E-state index contributed by atoms with van der Waals surface area (Å²) in [7, 11) is 0. The van der Waals surface area contributed by atoms with Gasteiger partial charge < -0.3 is 5.32 Å². The zero-order valence-corrected chi connectivity index (χ0v) is 11.6. The second-order valence-corrected chi connectivity index (χ2v) is 6.63. The zero-order valence-electron chi connectivity index (χ0n) is 11.6. The molecule has 2 heteroatoms. The molecule has 0 aromatic heterocycles. The molecular formula is C17H24N2. The first-order valence-corrected chi connectivity index (χ1v) is 7.95. The Morgan fingerprint density at radius 2 is 1.84 bits per heavy atom. The lowest BCUT2D eigenvalue weighted by atomic mass is 10.0. The molecule has 102 valence electrons. The van der Waals surface area contributed by atoms with Crippen LogP contribution in [-0.4, -0.2) is 30.1 Å². The molecule has 2 bridgehead atoms. The molecule has 2 nitrogen and oxygen atoms in total. The maximum atomic E-state index is 3.78. The molecule has 1 N–H and O–H groups in total. The van der Waals surface area contributed by atoms with Gasteiger partial charge in [-0.2, -0.15) is 0 Å². The number of hydrogen-bond donors (Lipinski definition) is 1. The van der Waals surface area contributed by atoms with Gasteiger partial charge in [-0.3, -0.25) is 4.90 Å². The van der Waals surface area contributed by atoms with E-state index in [0.717, 1.165) is 24.5 Å². The lowest BCUT2D eigenvalue weighted by Crippen LogP contribution is -2.35. The summed E-state index contributed by atoms with van der Waals surface area (Å²) in [6.07, 6.45) is 6.93. The van der Waals surface area contributed by atoms with Crippen LogP contribution >= 0.6 is 0 Å². The highest BCUT2D eigenvalue weighted by molar-refractivity contribution is 5.33. The number of nitrogens with one attached hydrogen (secondary N) is 1. The van der Waals surface area contributed by atoms with Gasteiger partial charge in [-0.05, 0) is 49.1 Å². The third-order valence-corrected chi connectivity index (χ3v) is 5.07. The van der Waals surface area contributed by atoms with E-state index in [2.05, 4.69) is 34.5 Å². The van der Waals surface area contributed by atoms with Crippen LogP contribution in [0.3, 0.4) is 0 Å². The van der Waals surface area contributed by atoms with E-state index in [9.17, 15) is 0 Å². The topological polar surface area (TPSA) is 15.3 Å². The Balaban J connectivity index is 1.48. The van der Waals surface area contributed by atoms with Crippen LogP contribution in [0.25, 0.3) is 0 Å². The van der Waals surface area contributed by atoms with Crippen molar-refractivity contribution in [2.75, 3.05) is 13.1 Å². The van der Waals surface area contributed by atoms with Crippen molar-refractivity contribution in [1.29, 1.82) is 0 Å². The van der Waals surface area contributed by atoms with Gasteiger partial charge in [0.15, 0.2) is 0 Å². The van der Waals surface area contributed by atoms with Crippen molar-refractivity contribution in [2.45, 2.75) is 56.7 Å². The molecular weight excluding hydrogens is 232 g/mol. The number of rotatable bonds is 3. The van der Waals surface area contributed by atoms with Crippen molar-refractivity contribution < 1.29 is 0 Å². The number of nitrogens with zero attached hydrogens (tertiary/aromatic N) is 1. The fraction of sp³-hybridized carbons (Fsp3) is 0.647. The average Bonchev–Trinajstić information content (AvgIpc) is 3.18. The monoisotopic (exact) mass is 256 g/mol. The standard InChI is InChI=1S/C17H24N2/c1-2-4-17(13-5-6-13)14(3-1)11-19-10-9-15-7-8-16(12-19)18-15/h1-4,13,15-16,18H,5-12H2. The molecule has 1 aromatic carbocycles. The predicted octanol–water partition coefficient (Wildman–Crippen LogP) is 2.89. The quantitative estimate of drug-likeness (QED) is 0.894. The molecule has 2 saturated heterocycles. The van der Waals surface area contributed by atoms with E-state index in [1.54, 1.807) is 11.1 Å². The minimum Gasteiger partial charge on any atom is -0.310 e. The molecule has 2 heterocycles. The fourth-order valence-corrected chi connectivity index (χ4v) is 3.87. The summed E-state index contributed by atoms with van der Waals surface area (Å²) in [5, 5.41) is 3.78. The normalized spacial score (nSPS) is 31.4. The molecule has 1 aliphatic carbocycles. The largest absolute Gasteiger partial charge is 0.310 e. The van der Waals surface area contributed by atoms with E-state index < -0.39 is 0 Å². The van der Waals surface area contributed by atoms with Crippen LogP contribution in [0.5, 0.6) is 0 Å². The molecule has 0 radical (unpaired) electrons. The summed E-state index contributed by atoms with van der Waals surface area (Å²) in [5.74, 6) is 0.873. The van der Waals surface area contributed by atoms with Crippen LogP contribution in [0.15, 0.2) is 24.3 Å². The van der Waals surface area contributed by atoms with Crippen molar-refractivity contribution in [3.63, 3.8) is 0 Å². The summed E-state index contributed by atoms with van der Waals surface area (Å²) in [6.45, 7) is 3.68. The van der Waals surface area contributed by atoms with E-state index in [0.29, 0.717) is 0 Å². The molecule has 3 aliphatic rings. The van der Waals surface area contributed by atoms with Gasteiger partial charge in [0.1, 0.15) is 0 Å². The molecule has 3 fully saturated rings. The minimum atomic E-state index is 0.751. The van der Waals surface area contributed by atoms with Gasteiger partial charge in [-0.15, -0.1) is 0 Å². The van der Waals surface area contributed by atoms with Crippen molar-refractivity contribution in [3.8, 4) is 0 Å². The highest BCUT2D eigenvalue weighted by Crippen LogP contribution is 2.41. The molecule has 4 rings (SSSR count). The Bertz CT molecular complexity index is 452. The Kier molecular flexibility index (Phi) is 3.08. The smallest absolute Gasteiger partial charge is 0.0237 e. The van der Waals surface area contributed by atoms with Crippen molar-refractivity contribution in [1.82, 2.24) is 10.2 Å². The highest BCUT2D eigenvalue weighted by Gasteiger charge is 2.30. The summed E-state index contributed by atoms with van der Waals surface area (Å²) in [6, 6.07) is 10.7. The van der Waals surface area contributed by atoms with E-state index in [1.807, 2.05) is 0 Å². The number of hydrogen-bond acceptors (Lipinski definition) is 2. The maximum Gasteiger partial charge on any atom is 0.0237 e. The lowest BCUT2D eigenvalue weighted by molar-refractivity contribution is 0.250. The first-order valence-electron chi connectivity index (χ1n) is 7.95. The molecule has 1 saturated carbocycles. The molecule has 2 unspecified atom stereocenters. The van der Waals surface area contributed by atoms with Gasteiger partial charge in [0.05, 0.1) is 0 Å². The van der Waals surface area contributed by atoms with E-state index in [1.165, 1.54) is 45.2 Å². The van der Waals surface area contributed by atoms with Gasteiger partial charge in [-0.25, -0.2) is 0 Å². The molecule has 0 amide bonds. The number of benzene rings is 1. The molecule has 2 aliphatic heterocycles. The summed E-state index contributed by atoms with van der Waals surface area (Å²) in [5.41, 5.74) is 3.22. The van der Waals surface area contributed by atoms with E-state index in [-0.39, 0.29) is 0 Å². The Morgan fingerprint density at radius 3 is 2.74 bits per heavy atom. The van der Waals surface area contributed by atoms with E-state index >= 15 is 0 Å². The first kappa shape index (κ1) is 11.9. The van der Waals surface area contributed by atoms with Gasteiger partial charge in [0, 0.05) is 31.7 Å². The predicted molar refractivity (Wildman–Crippen MR) is 78.3 cm³/mol. The van der Waals surface area contributed by atoms with Gasteiger partial charge in [-0.1, -0.05) is 24.3 Å². The third kappa shape index (κ3) is 2.56. The second-order valence-electron chi connectivity index (χ2n) is 6.63. The summed E-state index contributed by atoms with van der Waals surface area (Å²) < 4.78 is 0. The minimum absolute atomic E-state index is 0.751. The van der Waals surface area contributed by atoms with Crippen molar-refractivity contribution >= 4 is 0 Å². The summed E-state index contributed by atoms with van der Waals surface area (Å²) >= 11 is 0. The average molecular weight is 256 g/mol. The van der Waals surface area contributed by atoms with Gasteiger partial charge >= 0.3 is 0 Å².